The minimum absolute atomic E-state index is 0.120. The Balaban J connectivity index is 0.848. The van der Waals surface area contributed by atoms with E-state index in [0.717, 1.165) is 134 Å². The highest BCUT2D eigenvalue weighted by molar-refractivity contribution is 7.00. The fourth-order valence-electron chi connectivity index (χ4n) is 18.7. The van der Waals surface area contributed by atoms with E-state index in [-0.39, 0.29) is 28.4 Å². The largest absolute Gasteiger partial charge is 0.311 e. The van der Waals surface area contributed by atoms with Crippen LogP contribution in [-0.4, -0.2) is 41.2 Å². The summed E-state index contributed by atoms with van der Waals surface area (Å²) < 4.78 is 2.31. The quantitative estimate of drug-likeness (QED) is 0.0982. The standard InChI is InChI=1S/C119H97BN10/c1-116(2,3)91-62-88(63-92(72-91)117(4,5)6)85-50-59-104-100(67-85)120-101-68-86(89-64-93(118(7,8)9)73-94(65-89)119(10,11)12)51-60-105(101)129(96-54-46-79(47-55-96)77-33-21-14-22-34-77)108-71-90(70-107(109(108)120)128(104)95-52-44-78(45-53-95)76-31-19-13-20-32-76)84-49-58-102-98(66-84)97-56-48-87(114-124-110(80-35-23-15-24-36-80)122-111(125-114)81-37-25-16-26-38-81)69-106(97)130(102)103-57-43-75(74-121)61-99(103)115-126-112(82-39-27-17-28-40-82)123-113(127-115)83-41-29-18-30-42-83/h13-73H,1-12H3. The molecule has 0 amide bonds. The number of anilines is 6. The normalized spacial score (nSPS) is 12.6. The van der Waals surface area contributed by atoms with Crippen molar-refractivity contribution in [2.75, 3.05) is 9.80 Å². The lowest BCUT2D eigenvalue weighted by Gasteiger charge is -2.45. The molecule has 0 bridgehead atoms. The van der Waals surface area contributed by atoms with Gasteiger partial charge < -0.3 is 14.4 Å². The summed E-state index contributed by atoms with van der Waals surface area (Å²) in [4.78, 5) is 36.9. The van der Waals surface area contributed by atoms with Gasteiger partial charge in [0.25, 0.3) is 6.71 Å². The molecule has 0 N–H and O–H groups in total. The summed E-state index contributed by atoms with van der Waals surface area (Å²) in [7, 11) is 0. The average Bonchev–Trinajstić information content (AvgIpc) is 0.755. The van der Waals surface area contributed by atoms with Crippen molar-refractivity contribution >= 4 is 79.0 Å². The Labute approximate surface area is 761 Å². The molecule has 0 atom stereocenters. The Morgan fingerprint density at radius 3 is 0.946 bits per heavy atom. The van der Waals surface area contributed by atoms with E-state index >= 15 is 0 Å². The predicted molar refractivity (Wildman–Crippen MR) is 541 cm³/mol. The maximum atomic E-state index is 11.0. The molecule has 0 fully saturated rings. The van der Waals surface area contributed by atoms with Crippen LogP contribution in [0.2, 0.25) is 0 Å². The highest BCUT2D eigenvalue weighted by Gasteiger charge is 2.45. The number of fused-ring (bicyclic) bond motifs is 7. The summed E-state index contributed by atoms with van der Waals surface area (Å²) in [5.41, 5.74) is 33.9. The van der Waals surface area contributed by atoms with Gasteiger partial charge in [0.05, 0.1) is 28.4 Å². The van der Waals surface area contributed by atoms with Gasteiger partial charge in [0, 0.05) is 78.3 Å². The third-order valence-corrected chi connectivity index (χ3v) is 25.9. The molecule has 10 nitrogen and oxygen atoms in total. The number of hydrogen-bond acceptors (Lipinski definition) is 9. The monoisotopic (exact) mass is 1680 g/mol. The highest BCUT2D eigenvalue weighted by Crippen LogP contribution is 2.51. The molecule has 0 saturated heterocycles. The molecule has 626 valence electrons. The molecule has 130 heavy (non-hydrogen) atoms. The van der Waals surface area contributed by atoms with E-state index in [4.69, 9.17) is 29.9 Å². The first-order valence-corrected chi connectivity index (χ1v) is 45.0. The van der Waals surface area contributed by atoms with Crippen LogP contribution in [0, 0.1) is 11.3 Å². The molecular formula is C119H97BN10. The minimum atomic E-state index is -0.283. The second kappa shape index (κ2) is 32.1. The summed E-state index contributed by atoms with van der Waals surface area (Å²) in [6.07, 6.45) is 0. The molecule has 2 aliphatic rings. The van der Waals surface area contributed by atoms with Crippen molar-refractivity contribution in [1.29, 1.82) is 5.26 Å². The van der Waals surface area contributed by atoms with Crippen molar-refractivity contribution in [2.45, 2.75) is 105 Å². The van der Waals surface area contributed by atoms with E-state index in [0.29, 0.717) is 46.1 Å². The van der Waals surface area contributed by atoms with Gasteiger partial charge in [-0.3, -0.25) is 0 Å². The van der Waals surface area contributed by atoms with E-state index in [1.807, 2.05) is 140 Å². The topological polar surface area (TPSA) is 113 Å². The third-order valence-electron chi connectivity index (χ3n) is 25.9. The Morgan fingerprint density at radius 2 is 0.562 bits per heavy atom. The van der Waals surface area contributed by atoms with E-state index < -0.39 is 0 Å². The minimum Gasteiger partial charge on any atom is -0.311 e. The molecule has 0 unspecified atom stereocenters. The zero-order chi connectivity index (χ0) is 89.1. The van der Waals surface area contributed by atoms with Crippen LogP contribution in [0.15, 0.2) is 370 Å². The fraction of sp³-hybridized carbons (Fsp3) is 0.134. The van der Waals surface area contributed by atoms with Crippen molar-refractivity contribution in [2.24, 2.45) is 0 Å². The lowest BCUT2D eigenvalue weighted by molar-refractivity contribution is 0.568. The number of benzene rings is 16. The molecule has 19 aromatic rings. The molecule has 0 spiro atoms. The molecule has 11 heteroatoms. The van der Waals surface area contributed by atoms with E-state index in [1.54, 1.807) is 0 Å². The maximum Gasteiger partial charge on any atom is 0.252 e. The molecule has 16 aromatic carbocycles. The number of aromatic nitrogens is 7. The molecule has 0 aliphatic carbocycles. The van der Waals surface area contributed by atoms with Gasteiger partial charge in [-0.05, 0) is 201 Å². The van der Waals surface area contributed by atoms with Crippen LogP contribution in [0.3, 0.4) is 0 Å². The third kappa shape index (κ3) is 15.2. The lowest BCUT2D eigenvalue weighted by Crippen LogP contribution is -2.61. The van der Waals surface area contributed by atoms with Gasteiger partial charge in [0.15, 0.2) is 34.9 Å². The molecule has 0 radical (unpaired) electrons. The van der Waals surface area contributed by atoms with Crippen LogP contribution in [0.1, 0.15) is 111 Å². The molecule has 21 rings (SSSR count). The fourth-order valence-corrected chi connectivity index (χ4v) is 18.7. The van der Waals surface area contributed by atoms with Crippen molar-refractivity contribution in [3.8, 4) is 136 Å². The molecule has 3 aromatic heterocycles. The van der Waals surface area contributed by atoms with Crippen LogP contribution >= 0.6 is 0 Å². The SMILES string of the molecule is CC(C)(C)c1cc(-c2ccc3c(c2)B2c4cc(-c5cc(C(C)(C)C)cc(C(C)(C)C)c5)ccc4N(c4ccc(-c5ccccc5)cc4)c4cc(-c5ccc6c(c5)c5ccc(-c7nc(-c8ccccc8)nc(-c8ccccc8)n7)cc5n6-c5ccc(C#N)cc5-c5nc(-c6ccccc6)nc(-c6ccccc6)n5)cc(c42)N3c2ccc(-c3ccccc3)cc2)cc(C(C)(C)C)c1. The van der Waals surface area contributed by atoms with Crippen LogP contribution in [0.4, 0.5) is 34.1 Å². The van der Waals surface area contributed by atoms with Crippen molar-refractivity contribution < 1.29 is 0 Å². The first kappa shape index (κ1) is 81.5. The van der Waals surface area contributed by atoms with Gasteiger partial charge in [-0.2, -0.15) is 5.26 Å². The van der Waals surface area contributed by atoms with Crippen LogP contribution in [0.5, 0.6) is 0 Å². The van der Waals surface area contributed by atoms with Gasteiger partial charge in [0.1, 0.15) is 0 Å². The Morgan fingerprint density at radius 1 is 0.238 bits per heavy atom. The predicted octanol–water partition coefficient (Wildman–Crippen LogP) is 28.6. The van der Waals surface area contributed by atoms with Crippen LogP contribution in [0.25, 0.3) is 151 Å². The van der Waals surface area contributed by atoms with E-state index in [9.17, 15) is 5.26 Å². The van der Waals surface area contributed by atoms with E-state index in [1.165, 1.54) is 49.8 Å². The first-order chi connectivity index (χ1) is 62.9. The zero-order valence-corrected chi connectivity index (χ0v) is 75.3. The second-order valence-electron chi connectivity index (χ2n) is 38.7. The highest BCUT2D eigenvalue weighted by atomic mass is 15.2. The summed E-state index contributed by atoms with van der Waals surface area (Å²) in [5, 5.41) is 13.0. The van der Waals surface area contributed by atoms with Crippen molar-refractivity contribution in [3.63, 3.8) is 0 Å². The number of nitriles is 1. The molecule has 0 saturated carbocycles. The van der Waals surface area contributed by atoms with Gasteiger partial charge in [-0.25, -0.2) is 29.9 Å². The van der Waals surface area contributed by atoms with Gasteiger partial charge >= 0.3 is 0 Å². The molecule has 5 heterocycles. The zero-order valence-electron chi connectivity index (χ0n) is 75.3. The number of nitrogens with zero attached hydrogens (tertiary/aromatic N) is 10. The molecular weight excluding hydrogens is 1580 g/mol. The van der Waals surface area contributed by atoms with Gasteiger partial charge in [-0.15, -0.1) is 0 Å². The second-order valence-corrected chi connectivity index (χ2v) is 38.7. The Kier molecular flexibility index (Phi) is 20.1. The Hall–Kier alpha value is -15.5. The summed E-state index contributed by atoms with van der Waals surface area (Å²) >= 11 is 0. The Bertz CT molecular complexity index is 7250. The smallest absolute Gasteiger partial charge is 0.252 e. The number of hydrogen-bond donors (Lipinski definition) is 0. The molecule has 2 aliphatic heterocycles. The van der Waals surface area contributed by atoms with Crippen LogP contribution < -0.4 is 26.2 Å². The maximum absolute atomic E-state index is 11.0. The van der Waals surface area contributed by atoms with Gasteiger partial charge in [-0.1, -0.05) is 368 Å². The van der Waals surface area contributed by atoms with Crippen molar-refractivity contribution in [3.05, 3.63) is 398 Å². The van der Waals surface area contributed by atoms with E-state index in [2.05, 4.69) is 334 Å². The summed E-state index contributed by atoms with van der Waals surface area (Å²) in [5.74, 6) is 3.02. The lowest BCUT2D eigenvalue weighted by atomic mass is 9.33. The average molecular weight is 1680 g/mol. The van der Waals surface area contributed by atoms with Gasteiger partial charge in [0.2, 0.25) is 0 Å². The number of rotatable bonds is 14. The summed E-state index contributed by atoms with van der Waals surface area (Å²) in [6.45, 7) is 27.7. The van der Waals surface area contributed by atoms with Crippen molar-refractivity contribution in [1.82, 2.24) is 34.5 Å². The van der Waals surface area contributed by atoms with Crippen LogP contribution in [-0.2, 0) is 21.7 Å². The summed E-state index contributed by atoms with van der Waals surface area (Å²) in [6, 6.07) is 136. The first-order valence-electron chi connectivity index (χ1n) is 45.0.